The molecule has 0 radical (unpaired) electrons. The second kappa shape index (κ2) is 58.5. The highest BCUT2D eigenvalue weighted by molar-refractivity contribution is 7.47. The molecule has 0 heterocycles. The van der Waals surface area contributed by atoms with Crippen molar-refractivity contribution >= 4 is 19.8 Å². The lowest BCUT2D eigenvalue weighted by Crippen LogP contribution is -2.29. The number of rotatable bonds is 56. The molecule has 0 amide bonds. The number of esters is 2. The first kappa shape index (κ1) is 70.2. The van der Waals surface area contributed by atoms with Gasteiger partial charge in [0, 0.05) is 19.4 Å². The molecule has 9 nitrogen and oxygen atoms in total. The third kappa shape index (κ3) is 58.3. The summed E-state index contributed by atoms with van der Waals surface area (Å²) in [6.07, 6.45) is 76.4. The maximum Gasteiger partial charge on any atom is 0.472 e. The van der Waals surface area contributed by atoms with Crippen LogP contribution in [-0.4, -0.2) is 49.3 Å². The largest absolute Gasteiger partial charge is 0.472 e. The zero-order chi connectivity index (χ0) is 53.1. The molecule has 2 atom stereocenters. The van der Waals surface area contributed by atoms with Crippen molar-refractivity contribution in [2.45, 2.75) is 277 Å². The predicted molar refractivity (Wildman–Crippen MR) is 312 cm³/mol. The number of unbranched alkanes of at least 4 members (excludes halogenated alkanes) is 29. The quantitative estimate of drug-likeness (QED) is 0.0264. The lowest BCUT2D eigenvalue weighted by molar-refractivity contribution is -0.161. The zero-order valence-corrected chi connectivity index (χ0v) is 48.0. The molecule has 0 saturated heterocycles. The van der Waals surface area contributed by atoms with E-state index in [2.05, 4.69) is 98.9 Å². The van der Waals surface area contributed by atoms with Crippen LogP contribution in [0.4, 0.5) is 0 Å². The van der Waals surface area contributed by atoms with Crippen LogP contribution >= 0.6 is 7.82 Å². The molecule has 422 valence electrons. The minimum absolute atomic E-state index is 0.0488. The SMILES string of the molecule is CC/C=C\C/C=C\C/C=C\C/C=C\C/C=C\C/C=C\C/C=C\CCCCCCCCCC(=O)OC(COC(=O)CCCCCCCCCCCCCCCCCCCCCCCCC)COP(=O)(O)OCCN. The minimum atomic E-state index is -4.40. The van der Waals surface area contributed by atoms with Crippen molar-refractivity contribution in [2.24, 2.45) is 5.73 Å². The molecule has 0 fully saturated rings. The van der Waals surface area contributed by atoms with Gasteiger partial charge in [-0.25, -0.2) is 4.57 Å². The Kier molecular flexibility index (Phi) is 56.2. The van der Waals surface area contributed by atoms with Gasteiger partial charge in [-0.05, 0) is 70.6 Å². The van der Waals surface area contributed by atoms with Crippen molar-refractivity contribution in [3.8, 4) is 0 Å². The molecule has 0 aliphatic carbocycles. The van der Waals surface area contributed by atoms with Gasteiger partial charge in [-0.2, -0.15) is 0 Å². The fraction of sp³-hybridized carbons (Fsp3) is 0.746. The van der Waals surface area contributed by atoms with Crippen molar-refractivity contribution in [1.29, 1.82) is 0 Å². The zero-order valence-electron chi connectivity index (χ0n) is 47.1. The van der Waals surface area contributed by atoms with E-state index < -0.39 is 26.5 Å². The lowest BCUT2D eigenvalue weighted by Gasteiger charge is -2.19. The predicted octanol–water partition coefficient (Wildman–Crippen LogP) is 19.1. The number of phosphoric acid groups is 1. The fourth-order valence-corrected chi connectivity index (χ4v) is 9.15. The first-order valence-electron chi connectivity index (χ1n) is 30.1. The normalized spacial score (nSPS) is 13.6. The van der Waals surface area contributed by atoms with E-state index in [1.807, 2.05) is 0 Å². The number of carbonyl (C=O) groups is 2. The van der Waals surface area contributed by atoms with Crippen LogP contribution in [0.15, 0.2) is 85.1 Å². The first-order valence-corrected chi connectivity index (χ1v) is 31.6. The van der Waals surface area contributed by atoms with Gasteiger partial charge in [-0.15, -0.1) is 0 Å². The van der Waals surface area contributed by atoms with Gasteiger partial charge in [0.25, 0.3) is 0 Å². The Labute approximate surface area is 449 Å². The highest BCUT2D eigenvalue weighted by atomic mass is 31.2. The van der Waals surface area contributed by atoms with Gasteiger partial charge in [0.05, 0.1) is 13.2 Å². The van der Waals surface area contributed by atoms with E-state index >= 15 is 0 Å². The van der Waals surface area contributed by atoms with E-state index in [1.165, 1.54) is 148 Å². The summed E-state index contributed by atoms with van der Waals surface area (Å²) in [5.74, 6) is -0.834. The summed E-state index contributed by atoms with van der Waals surface area (Å²) in [5, 5.41) is 0. The molecule has 0 spiro atoms. The Balaban J connectivity index is 4.00. The molecule has 10 heteroatoms. The average molecular weight is 1040 g/mol. The topological polar surface area (TPSA) is 134 Å². The van der Waals surface area contributed by atoms with Gasteiger partial charge in [0.15, 0.2) is 6.10 Å². The van der Waals surface area contributed by atoms with Crippen LogP contribution < -0.4 is 5.73 Å². The summed E-state index contributed by atoms with van der Waals surface area (Å²) in [4.78, 5) is 35.2. The summed E-state index contributed by atoms with van der Waals surface area (Å²) in [6, 6.07) is 0. The van der Waals surface area contributed by atoms with Crippen LogP contribution in [0.5, 0.6) is 0 Å². The number of hydrogen-bond donors (Lipinski definition) is 2. The van der Waals surface area contributed by atoms with Gasteiger partial charge >= 0.3 is 19.8 Å². The summed E-state index contributed by atoms with van der Waals surface area (Å²) in [5.41, 5.74) is 5.39. The molecule has 0 aromatic heterocycles. The fourth-order valence-electron chi connectivity index (χ4n) is 8.38. The van der Waals surface area contributed by atoms with Crippen molar-refractivity contribution in [2.75, 3.05) is 26.4 Å². The number of hydrogen-bond acceptors (Lipinski definition) is 8. The molecular formula is C63H112NO8P. The third-order valence-corrected chi connectivity index (χ3v) is 13.8. The Bertz CT molecular complexity index is 1470. The Morgan fingerprint density at radius 3 is 1.12 bits per heavy atom. The van der Waals surface area contributed by atoms with Crippen molar-refractivity contribution < 1.29 is 37.6 Å². The number of phosphoric ester groups is 1. The van der Waals surface area contributed by atoms with E-state index in [1.54, 1.807) is 0 Å². The van der Waals surface area contributed by atoms with E-state index in [4.69, 9.17) is 24.3 Å². The maximum absolute atomic E-state index is 12.7. The van der Waals surface area contributed by atoms with Crippen LogP contribution in [-0.2, 0) is 32.7 Å². The molecule has 2 unspecified atom stereocenters. The lowest BCUT2D eigenvalue weighted by atomic mass is 10.0. The highest BCUT2D eigenvalue weighted by Crippen LogP contribution is 2.43. The molecule has 0 aliphatic rings. The number of carbonyl (C=O) groups excluding carboxylic acids is 2. The molecule has 73 heavy (non-hydrogen) atoms. The molecule has 0 rings (SSSR count). The molecular weight excluding hydrogens is 930 g/mol. The Morgan fingerprint density at radius 2 is 0.753 bits per heavy atom. The van der Waals surface area contributed by atoms with E-state index in [0.717, 1.165) is 89.9 Å². The average Bonchev–Trinajstić information content (AvgIpc) is 3.38. The van der Waals surface area contributed by atoms with Gasteiger partial charge in [-0.3, -0.25) is 18.6 Å². The molecule has 3 N–H and O–H groups in total. The second-order valence-corrected chi connectivity index (χ2v) is 21.3. The second-order valence-electron chi connectivity index (χ2n) is 19.8. The summed E-state index contributed by atoms with van der Waals surface area (Å²) < 4.78 is 33.1. The van der Waals surface area contributed by atoms with Crippen molar-refractivity contribution in [1.82, 2.24) is 0 Å². The highest BCUT2D eigenvalue weighted by Gasteiger charge is 2.26. The van der Waals surface area contributed by atoms with Crippen molar-refractivity contribution in [3.05, 3.63) is 85.1 Å². The Morgan fingerprint density at radius 1 is 0.425 bits per heavy atom. The summed E-state index contributed by atoms with van der Waals surface area (Å²) in [7, 11) is -4.40. The van der Waals surface area contributed by atoms with Crippen LogP contribution in [0.3, 0.4) is 0 Å². The number of allylic oxidation sites excluding steroid dienone is 14. The van der Waals surface area contributed by atoms with Gasteiger partial charge < -0.3 is 20.1 Å². The number of ether oxygens (including phenoxy) is 2. The molecule has 0 aromatic carbocycles. The van der Waals surface area contributed by atoms with Crippen LogP contribution in [0.1, 0.15) is 271 Å². The van der Waals surface area contributed by atoms with E-state index in [-0.39, 0.29) is 38.6 Å². The first-order chi connectivity index (χ1) is 35.8. The summed E-state index contributed by atoms with van der Waals surface area (Å²) in [6.45, 7) is 3.65. The van der Waals surface area contributed by atoms with Gasteiger partial charge in [0.2, 0.25) is 0 Å². The Hall–Kier alpha value is -2.81. The third-order valence-electron chi connectivity index (χ3n) is 12.8. The van der Waals surface area contributed by atoms with E-state index in [9.17, 15) is 19.0 Å². The molecule has 0 bridgehead atoms. The smallest absolute Gasteiger partial charge is 0.462 e. The minimum Gasteiger partial charge on any atom is -0.462 e. The van der Waals surface area contributed by atoms with Gasteiger partial charge in [0.1, 0.15) is 6.61 Å². The van der Waals surface area contributed by atoms with Crippen LogP contribution in [0.2, 0.25) is 0 Å². The van der Waals surface area contributed by atoms with Crippen LogP contribution in [0.25, 0.3) is 0 Å². The van der Waals surface area contributed by atoms with Crippen LogP contribution in [0, 0.1) is 0 Å². The summed E-state index contributed by atoms with van der Waals surface area (Å²) >= 11 is 0. The molecule has 0 aliphatic heterocycles. The van der Waals surface area contributed by atoms with Crippen molar-refractivity contribution in [3.63, 3.8) is 0 Å². The monoisotopic (exact) mass is 1040 g/mol. The molecule has 0 saturated carbocycles. The standard InChI is InChI=1S/C63H112NO8P/c1-3-5-7-9-11-13-15-17-19-21-23-25-27-28-29-30-31-32-34-36-38-40-42-44-46-48-50-52-54-56-63(66)72-61(60-71-73(67,68)70-58-57-64)59-69-62(65)55-53-51-49-47-45-43-41-39-37-35-33-26-24-22-20-18-16-14-12-10-8-6-4-2/h5,7,11,13,17,19,23,25,28-29,31-32,36,38,61H,3-4,6,8-10,12,14-16,18,20-22,24,26-27,30,33-35,37,39-60,64H2,1-2H3,(H,67,68)/b7-5-,13-11-,19-17-,25-23-,29-28-,32-31-,38-36-. The maximum atomic E-state index is 12.7. The van der Waals surface area contributed by atoms with E-state index in [0.29, 0.717) is 6.42 Å². The number of nitrogens with two attached hydrogens (primary N) is 1. The van der Waals surface area contributed by atoms with Gasteiger partial charge in [-0.1, -0.05) is 272 Å². The molecule has 0 aromatic rings.